The molecule has 46 heavy (non-hydrogen) atoms. The first-order chi connectivity index (χ1) is 21.8. The van der Waals surface area contributed by atoms with E-state index in [9.17, 15) is 29.4 Å². The van der Waals surface area contributed by atoms with Crippen LogP contribution in [0.1, 0.15) is 26.0 Å². The quantitative estimate of drug-likeness (QED) is 0.0613. The summed E-state index contributed by atoms with van der Waals surface area (Å²) in [5.74, 6) is -4.22. The fourth-order valence-corrected chi connectivity index (χ4v) is 7.30. The van der Waals surface area contributed by atoms with E-state index in [0.717, 1.165) is 46.8 Å². The maximum Gasteiger partial charge on any atom is 0.350 e. The molecule has 2 unspecified atom stereocenters. The molecule has 0 aromatic carbocycles. The predicted octanol–water partition coefficient (Wildman–Crippen LogP) is -0.0816. The van der Waals surface area contributed by atoms with Crippen molar-refractivity contribution in [2.24, 2.45) is 5.16 Å². The Kier molecular flexibility index (Phi) is 9.57. The van der Waals surface area contributed by atoms with E-state index < -0.39 is 46.5 Å². The summed E-state index contributed by atoms with van der Waals surface area (Å²) in [6.07, 6.45) is 4.78. The first kappa shape index (κ1) is 33.2. The number of anilines is 1. The number of halogens is 1. The second kappa shape index (κ2) is 13.3. The number of nitrogens with one attached hydrogen (secondary N) is 2. The number of pyridine rings is 1. The van der Waals surface area contributed by atoms with Crippen molar-refractivity contribution < 1.29 is 38.8 Å². The van der Waals surface area contributed by atoms with E-state index in [4.69, 9.17) is 22.2 Å². The Bertz CT molecular complexity index is 1790. The molecule has 3 aromatic heterocycles. The van der Waals surface area contributed by atoms with Crippen LogP contribution in [0.5, 0.6) is 0 Å². The third kappa shape index (κ3) is 6.40. The zero-order valence-corrected chi connectivity index (χ0v) is 27.4. The van der Waals surface area contributed by atoms with Gasteiger partial charge in [-0.15, -0.1) is 11.8 Å². The first-order valence-electron chi connectivity index (χ1n) is 14.1. The Hall–Kier alpha value is -4.19. The number of oxime groups is 1. The third-order valence-electron chi connectivity index (χ3n) is 7.45. The normalized spacial score (nSPS) is 18.4. The summed E-state index contributed by atoms with van der Waals surface area (Å²) in [6.45, 7) is 4.34. The van der Waals surface area contributed by atoms with Gasteiger partial charge in [0.2, 0.25) is 11.1 Å². The lowest BCUT2D eigenvalue weighted by Gasteiger charge is -2.50. The molecule has 2 amide bonds. The summed E-state index contributed by atoms with van der Waals surface area (Å²) < 4.78 is 4.05. The number of carboxylic acid groups (broad SMARTS) is 2. The van der Waals surface area contributed by atoms with Gasteiger partial charge in [-0.1, -0.05) is 28.1 Å². The van der Waals surface area contributed by atoms with Gasteiger partial charge >= 0.3 is 5.97 Å². The Labute approximate surface area is 276 Å². The van der Waals surface area contributed by atoms with Gasteiger partial charge in [0.25, 0.3) is 11.8 Å². The lowest BCUT2D eigenvalue weighted by Crippen LogP contribution is -2.71. The van der Waals surface area contributed by atoms with Crippen molar-refractivity contribution >= 4 is 80.3 Å². The van der Waals surface area contributed by atoms with Crippen molar-refractivity contribution in [2.75, 3.05) is 25.1 Å². The van der Waals surface area contributed by atoms with Crippen molar-refractivity contribution in [2.45, 2.75) is 50.4 Å². The number of rotatable bonds is 13. The van der Waals surface area contributed by atoms with E-state index in [0.29, 0.717) is 5.57 Å². The highest BCUT2D eigenvalue weighted by Crippen LogP contribution is 2.40. The summed E-state index contributed by atoms with van der Waals surface area (Å²) in [4.78, 5) is 60.9. The largest absolute Gasteiger partial charge is 0.543 e. The van der Waals surface area contributed by atoms with Crippen LogP contribution in [0.4, 0.5) is 5.13 Å². The molecule has 0 radical (unpaired) electrons. The van der Waals surface area contributed by atoms with Gasteiger partial charge in [-0.25, -0.2) is 9.78 Å². The predicted molar refractivity (Wildman–Crippen MR) is 169 cm³/mol. The maximum atomic E-state index is 13.4. The van der Waals surface area contributed by atoms with E-state index in [2.05, 4.69) is 25.3 Å². The minimum atomic E-state index is -1.82. The number of amides is 2. The van der Waals surface area contributed by atoms with Crippen LogP contribution in [0.15, 0.2) is 47.0 Å². The second-order valence-corrected chi connectivity index (χ2v) is 13.7. The molecule has 244 valence electrons. The number of carbonyl (C=O) groups is 4. The molecular formula is C28H31ClN8O7S2. The molecule has 0 saturated carbocycles. The highest BCUT2D eigenvalue weighted by Gasteiger charge is 2.53. The minimum Gasteiger partial charge on any atom is -0.543 e. The third-order valence-corrected chi connectivity index (χ3v) is 9.87. The Morgan fingerprint density at radius 2 is 2.11 bits per heavy atom. The molecule has 2 atom stereocenters. The summed E-state index contributed by atoms with van der Waals surface area (Å²) in [5, 5.41) is 30.5. The zero-order chi connectivity index (χ0) is 33.3. The zero-order valence-electron chi connectivity index (χ0n) is 25.0. The van der Waals surface area contributed by atoms with Crippen LogP contribution in [0.25, 0.3) is 11.0 Å². The van der Waals surface area contributed by atoms with Gasteiger partial charge in [-0.2, -0.15) is 4.57 Å². The average molecular weight is 691 g/mol. The number of aromatic nitrogens is 3. The van der Waals surface area contributed by atoms with Gasteiger partial charge in [-0.05, 0) is 39.9 Å². The summed E-state index contributed by atoms with van der Waals surface area (Å²) in [6, 6.07) is 4.71. The van der Waals surface area contributed by atoms with E-state index in [1.54, 1.807) is 0 Å². The molecule has 0 aliphatic carbocycles. The molecule has 5 heterocycles. The molecule has 3 aromatic rings. The molecule has 0 spiro atoms. The number of nitrogens with two attached hydrogens (primary N) is 1. The number of fused-ring (bicyclic) bond motifs is 2. The molecule has 5 rings (SSSR count). The maximum absolute atomic E-state index is 13.4. The highest BCUT2D eigenvalue weighted by atomic mass is 35.5. The monoisotopic (exact) mass is 690 g/mol. The van der Waals surface area contributed by atoms with Crippen molar-refractivity contribution in [3.63, 3.8) is 0 Å². The molecule has 2 aliphatic rings. The summed E-state index contributed by atoms with van der Waals surface area (Å²) in [7, 11) is 1.90. The van der Waals surface area contributed by atoms with Gasteiger partial charge in [0.15, 0.2) is 23.6 Å². The minimum absolute atomic E-state index is 0.00983. The van der Waals surface area contributed by atoms with Crippen LogP contribution in [-0.2, 0) is 37.1 Å². The van der Waals surface area contributed by atoms with E-state index >= 15 is 0 Å². The van der Waals surface area contributed by atoms with Gasteiger partial charge in [0.05, 0.1) is 11.7 Å². The van der Waals surface area contributed by atoms with E-state index in [-0.39, 0.29) is 33.2 Å². The average Bonchev–Trinajstić information content (AvgIpc) is 3.57. The van der Waals surface area contributed by atoms with Crippen LogP contribution in [0.2, 0.25) is 4.34 Å². The van der Waals surface area contributed by atoms with Crippen LogP contribution >= 0.6 is 34.7 Å². The molecular weight excluding hydrogens is 660 g/mol. The number of thioether (sulfide) groups is 1. The van der Waals surface area contributed by atoms with Crippen LogP contribution in [0.3, 0.4) is 0 Å². The van der Waals surface area contributed by atoms with Crippen LogP contribution < -0.4 is 26.0 Å². The number of carbonyl (C=O) groups excluding carboxylic acids is 3. The van der Waals surface area contributed by atoms with Gasteiger partial charge in [-0.3, -0.25) is 14.5 Å². The van der Waals surface area contributed by atoms with Gasteiger partial charge < -0.3 is 40.8 Å². The number of carboxylic acids is 2. The van der Waals surface area contributed by atoms with Gasteiger partial charge in [0.1, 0.15) is 27.0 Å². The number of β-lactam (4-membered cyclic amide) rings is 1. The van der Waals surface area contributed by atoms with Crippen LogP contribution in [-0.4, -0.2) is 85.4 Å². The number of hydrogen-bond acceptors (Lipinski definition) is 12. The lowest BCUT2D eigenvalue weighted by atomic mass is 10.0. The highest BCUT2D eigenvalue weighted by molar-refractivity contribution is 8.00. The fraction of sp³-hybridized carbons (Fsp3) is 0.393. The van der Waals surface area contributed by atoms with Crippen molar-refractivity contribution in [1.29, 1.82) is 0 Å². The Morgan fingerprint density at radius 1 is 1.35 bits per heavy atom. The molecule has 1 fully saturated rings. The number of thiazole rings is 1. The van der Waals surface area contributed by atoms with Gasteiger partial charge in [0, 0.05) is 36.2 Å². The summed E-state index contributed by atoms with van der Waals surface area (Å²) in [5.41, 5.74) is 5.39. The number of nitrogen functional groups attached to an aromatic ring is 1. The number of aryl methyl sites for hydroxylation is 1. The van der Waals surface area contributed by atoms with Crippen molar-refractivity contribution in [1.82, 2.24) is 25.1 Å². The number of hydrogen-bond donors (Lipinski definition) is 4. The fourth-order valence-electron chi connectivity index (χ4n) is 5.04. The second-order valence-electron chi connectivity index (χ2n) is 11.0. The SMILES string of the molecule is CNCCCn1ccc2c1ccc[n+]2CC1=C(C(=O)[O-])N2C(=O)C(NC(=O)/C(=N\OC(C)(C)C(=O)O)c3nc(N)sc3Cl)C2SC1. The van der Waals surface area contributed by atoms with Crippen LogP contribution in [0, 0.1) is 0 Å². The molecule has 5 N–H and O–H groups in total. The number of aliphatic carboxylic acids is 2. The first-order valence-corrected chi connectivity index (χ1v) is 16.3. The molecule has 18 heteroatoms. The van der Waals surface area contributed by atoms with Crippen molar-refractivity contribution in [3.8, 4) is 0 Å². The van der Waals surface area contributed by atoms with Crippen molar-refractivity contribution in [3.05, 3.63) is 51.9 Å². The molecule has 0 bridgehead atoms. The number of nitrogens with zero attached hydrogens (tertiary/aromatic N) is 5. The Balaban J connectivity index is 1.37. The lowest BCUT2D eigenvalue weighted by molar-refractivity contribution is -0.663. The topological polar surface area (TPSA) is 208 Å². The molecule has 1 saturated heterocycles. The molecule has 15 nitrogen and oxygen atoms in total. The smallest absolute Gasteiger partial charge is 0.350 e. The standard InChI is InChI=1S/C28H31ClN8O7S2/c1-28(2,26(42)43)44-34-18(17-21(29)46-27(30)33-17)22(38)32-19-23(39)37-20(25(40)41)14(13-45-24(19)37)12-36-9-4-6-15-16(36)7-11-35(15)10-5-8-31-3/h4,6-7,9,11,19,24,31H,5,8,10,12-13H2,1-3H3,(H4-,30,32,33,38,40,41,42,43)/b34-18-. The van der Waals surface area contributed by atoms with E-state index in [1.165, 1.54) is 25.6 Å². The Morgan fingerprint density at radius 3 is 2.76 bits per heavy atom. The summed E-state index contributed by atoms with van der Waals surface area (Å²) >= 11 is 8.34. The molecule has 2 aliphatic heterocycles. The van der Waals surface area contributed by atoms with E-state index in [1.807, 2.05) is 42.2 Å².